The highest BCUT2D eigenvalue weighted by atomic mass is 16.5. The van der Waals surface area contributed by atoms with Gasteiger partial charge in [-0.1, -0.05) is 5.16 Å². The third-order valence-corrected chi connectivity index (χ3v) is 4.53. The largest absolute Gasteiger partial charge is 0.496 e. The molecule has 0 radical (unpaired) electrons. The topological polar surface area (TPSA) is 107 Å². The number of rotatable bonds is 7. The number of pyridine rings is 1. The first-order valence-electron chi connectivity index (χ1n) is 8.80. The van der Waals surface area contributed by atoms with Crippen molar-refractivity contribution in [1.29, 1.82) is 0 Å². The SMILES string of the molecule is COC[C@@H](C)Nc1c(C(=O)O)cnc2cc(-c3c(C)noc3C)c(OC)cc12. The summed E-state index contributed by atoms with van der Waals surface area (Å²) in [7, 11) is 3.16. The molecule has 0 fully saturated rings. The lowest BCUT2D eigenvalue weighted by atomic mass is 9.99. The lowest BCUT2D eigenvalue weighted by Gasteiger charge is -2.19. The van der Waals surface area contributed by atoms with Crippen molar-refractivity contribution in [2.24, 2.45) is 0 Å². The van der Waals surface area contributed by atoms with Gasteiger partial charge >= 0.3 is 5.97 Å². The van der Waals surface area contributed by atoms with Crippen LogP contribution in [0.4, 0.5) is 5.69 Å². The Hall–Kier alpha value is -3.13. The lowest BCUT2D eigenvalue weighted by Crippen LogP contribution is -2.22. The van der Waals surface area contributed by atoms with Crippen LogP contribution in [0.3, 0.4) is 0 Å². The second kappa shape index (κ2) is 7.85. The van der Waals surface area contributed by atoms with Crippen molar-refractivity contribution >= 4 is 22.6 Å². The number of fused-ring (bicyclic) bond motifs is 1. The number of anilines is 1. The van der Waals surface area contributed by atoms with Crippen molar-refractivity contribution in [3.63, 3.8) is 0 Å². The minimum absolute atomic E-state index is 0.0857. The summed E-state index contributed by atoms with van der Waals surface area (Å²) in [5.41, 5.74) is 3.56. The van der Waals surface area contributed by atoms with Crippen LogP contribution in [-0.4, -0.2) is 48.1 Å². The summed E-state index contributed by atoms with van der Waals surface area (Å²) in [5, 5.41) is 17.5. The number of aromatic nitrogens is 2. The minimum atomic E-state index is -1.06. The Bertz CT molecular complexity index is 1010. The number of hydrogen-bond donors (Lipinski definition) is 2. The van der Waals surface area contributed by atoms with Crippen molar-refractivity contribution in [3.8, 4) is 16.9 Å². The summed E-state index contributed by atoms with van der Waals surface area (Å²) in [6.45, 7) is 6.03. The highest BCUT2D eigenvalue weighted by molar-refractivity contribution is 6.06. The van der Waals surface area contributed by atoms with E-state index in [0.717, 1.165) is 16.8 Å². The molecule has 3 aromatic rings. The number of nitrogens with one attached hydrogen (secondary N) is 1. The van der Waals surface area contributed by atoms with E-state index in [1.807, 2.05) is 26.8 Å². The van der Waals surface area contributed by atoms with Gasteiger partial charge in [0.1, 0.15) is 17.1 Å². The zero-order valence-electron chi connectivity index (χ0n) is 16.5. The average molecular weight is 385 g/mol. The van der Waals surface area contributed by atoms with Crippen LogP contribution in [0.25, 0.3) is 22.0 Å². The molecule has 0 amide bonds. The Morgan fingerprint density at radius 1 is 1.32 bits per heavy atom. The molecule has 1 atom stereocenters. The van der Waals surface area contributed by atoms with Crippen LogP contribution in [0.1, 0.15) is 28.7 Å². The highest BCUT2D eigenvalue weighted by Crippen LogP contribution is 2.39. The van der Waals surface area contributed by atoms with Crippen molar-refractivity contribution in [1.82, 2.24) is 10.1 Å². The number of carboxylic acids is 1. The molecule has 28 heavy (non-hydrogen) atoms. The van der Waals surface area contributed by atoms with Gasteiger partial charge in [0, 0.05) is 30.3 Å². The summed E-state index contributed by atoms with van der Waals surface area (Å²) >= 11 is 0. The third kappa shape index (κ3) is 3.50. The van der Waals surface area contributed by atoms with Gasteiger partial charge in [0.15, 0.2) is 0 Å². The van der Waals surface area contributed by atoms with Crippen LogP contribution in [0, 0.1) is 13.8 Å². The molecule has 1 aromatic carbocycles. The standard InChI is InChI=1S/C20H23N3O5/c1-10(9-26-4)22-19-13-7-17(27-5)14(18-11(2)23-28-12(18)3)6-16(13)21-8-15(19)20(24)25/h6-8,10H,9H2,1-5H3,(H,21,22)(H,24,25)/t10-/m1/s1. The van der Waals surface area contributed by atoms with E-state index >= 15 is 0 Å². The molecule has 2 N–H and O–H groups in total. The molecular formula is C20H23N3O5. The smallest absolute Gasteiger partial charge is 0.339 e. The fourth-order valence-corrected chi connectivity index (χ4v) is 3.31. The fraction of sp³-hybridized carbons (Fsp3) is 0.350. The van der Waals surface area contributed by atoms with Crippen LogP contribution in [-0.2, 0) is 4.74 Å². The summed E-state index contributed by atoms with van der Waals surface area (Å²) in [6.07, 6.45) is 1.36. The molecule has 0 bridgehead atoms. The maximum atomic E-state index is 11.7. The third-order valence-electron chi connectivity index (χ3n) is 4.53. The number of aromatic carboxylic acids is 1. The maximum absolute atomic E-state index is 11.7. The fourth-order valence-electron chi connectivity index (χ4n) is 3.31. The molecular weight excluding hydrogens is 362 g/mol. The van der Waals surface area contributed by atoms with E-state index in [0.29, 0.717) is 34.7 Å². The van der Waals surface area contributed by atoms with Gasteiger partial charge in [-0.3, -0.25) is 4.98 Å². The number of ether oxygens (including phenoxy) is 2. The lowest BCUT2D eigenvalue weighted by molar-refractivity contribution is 0.0697. The van der Waals surface area contributed by atoms with E-state index in [2.05, 4.69) is 15.5 Å². The molecule has 0 saturated carbocycles. The number of carbonyl (C=O) groups is 1. The quantitative estimate of drug-likeness (QED) is 0.634. The van der Waals surface area contributed by atoms with E-state index in [1.165, 1.54) is 6.20 Å². The predicted molar refractivity (Wildman–Crippen MR) is 105 cm³/mol. The summed E-state index contributed by atoms with van der Waals surface area (Å²) in [6, 6.07) is 3.55. The molecule has 3 rings (SSSR count). The van der Waals surface area contributed by atoms with E-state index in [-0.39, 0.29) is 11.6 Å². The molecule has 2 heterocycles. The van der Waals surface area contributed by atoms with Crippen LogP contribution >= 0.6 is 0 Å². The zero-order chi connectivity index (χ0) is 20.4. The summed E-state index contributed by atoms with van der Waals surface area (Å²) < 4.78 is 16.0. The van der Waals surface area contributed by atoms with E-state index in [4.69, 9.17) is 14.0 Å². The minimum Gasteiger partial charge on any atom is -0.496 e. The second-order valence-electron chi connectivity index (χ2n) is 6.62. The molecule has 148 valence electrons. The molecule has 0 spiro atoms. The van der Waals surface area contributed by atoms with Crippen LogP contribution in [0.2, 0.25) is 0 Å². The van der Waals surface area contributed by atoms with E-state index in [1.54, 1.807) is 20.3 Å². The first-order valence-corrected chi connectivity index (χ1v) is 8.80. The van der Waals surface area contributed by atoms with Gasteiger partial charge in [0.05, 0.1) is 36.2 Å². The van der Waals surface area contributed by atoms with Gasteiger partial charge in [-0.15, -0.1) is 0 Å². The molecule has 8 nitrogen and oxygen atoms in total. The number of benzene rings is 1. The number of aryl methyl sites for hydroxylation is 2. The maximum Gasteiger partial charge on any atom is 0.339 e. The van der Waals surface area contributed by atoms with Crippen LogP contribution in [0.15, 0.2) is 22.9 Å². The number of methoxy groups -OCH3 is 2. The molecule has 0 aliphatic carbocycles. The van der Waals surface area contributed by atoms with Gasteiger partial charge in [0.25, 0.3) is 0 Å². The van der Waals surface area contributed by atoms with E-state index < -0.39 is 5.97 Å². The van der Waals surface area contributed by atoms with Gasteiger partial charge < -0.3 is 24.4 Å². The number of hydrogen-bond acceptors (Lipinski definition) is 7. The predicted octanol–water partition coefficient (Wildman–Crippen LogP) is 3.66. The Kier molecular flexibility index (Phi) is 5.51. The van der Waals surface area contributed by atoms with Gasteiger partial charge in [-0.2, -0.15) is 0 Å². The zero-order valence-corrected chi connectivity index (χ0v) is 16.5. The Balaban J connectivity index is 2.26. The van der Waals surface area contributed by atoms with Crippen LogP contribution < -0.4 is 10.1 Å². The van der Waals surface area contributed by atoms with Crippen molar-refractivity contribution in [2.75, 3.05) is 26.1 Å². The summed E-state index contributed by atoms with van der Waals surface area (Å²) in [5.74, 6) is 0.188. The number of carboxylic acid groups (broad SMARTS) is 1. The van der Waals surface area contributed by atoms with Gasteiger partial charge in [-0.25, -0.2) is 4.79 Å². The van der Waals surface area contributed by atoms with Crippen molar-refractivity contribution in [3.05, 3.63) is 35.3 Å². The molecule has 0 saturated heterocycles. The normalized spacial score (nSPS) is 12.2. The first kappa shape index (κ1) is 19.6. The number of nitrogens with zero attached hydrogens (tertiary/aromatic N) is 2. The molecule has 8 heteroatoms. The van der Waals surface area contributed by atoms with Crippen LogP contribution in [0.5, 0.6) is 5.75 Å². The van der Waals surface area contributed by atoms with Crippen molar-refractivity contribution < 1.29 is 23.9 Å². The summed E-state index contributed by atoms with van der Waals surface area (Å²) in [4.78, 5) is 16.1. The molecule has 0 aliphatic rings. The van der Waals surface area contributed by atoms with E-state index in [9.17, 15) is 9.90 Å². The van der Waals surface area contributed by atoms with Gasteiger partial charge in [-0.05, 0) is 32.9 Å². The Morgan fingerprint density at radius 2 is 2.07 bits per heavy atom. The first-order chi connectivity index (χ1) is 13.4. The van der Waals surface area contributed by atoms with Gasteiger partial charge in [0.2, 0.25) is 0 Å². The second-order valence-corrected chi connectivity index (χ2v) is 6.62. The molecule has 2 aromatic heterocycles. The monoisotopic (exact) mass is 385 g/mol. The molecule has 0 aliphatic heterocycles. The van der Waals surface area contributed by atoms with Crippen molar-refractivity contribution in [2.45, 2.75) is 26.8 Å². The highest BCUT2D eigenvalue weighted by Gasteiger charge is 2.21. The Labute approximate surface area is 162 Å². The average Bonchev–Trinajstić information content (AvgIpc) is 2.99. The Morgan fingerprint density at radius 3 is 2.64 bits per heavy atom. The molecule has 0 unspecified atom stereocenters.